The maximum absolute atomic E-state index is 13.3. The molecule has 0 bridgehead atoms. The summed E-state index contributed by atoms with van der Waals surface area (Å²) in [6, 6.07) is 4.41. The Hall–Kier alpha value is -1.47. The van der Waals surface area contributed by atoms with Crippen molar-refractivity contribution in [3.8, 4) is 0 Å². The molecule has 0 saturated heterocycles. The third-order valence-electron chi connectivity index (χ3n) is 2.14. The van der Waals surface area contributed by atoms with E-state index in [1.807, 2.05) is 6.92 Å². The Morgan fingerprint density at radius 1 is 1.44 bits per heavy atom. The van der Waals surface area contributed by atoms with Gasteiger partial charge in [0.2, 0.25) is 0 Å². The minimum absolute atomic E-state index is 0.132. The van der Waals surface area contributed by atoms with E-state index in [1.165, 1.54) is 35.2 Å². The van der Waals surface area contributed by atoms with Crippen molar-refractivity contribution in [3.63, 3.8) is 0 Å². The number of benzene rings is 1. The lowest BCUT2D eigenvalue weighted by molar-refractivity contribution is 0.626. The number of nitrogens with zero attached hydrogens (tertiary/aromatic N) is 2. The fraction of sp³-hybridized carbons (Fsp3) is 0.182. The van der Waals surface area contributed by atoms with Crippen molar-refractivity contribution < 1.29 is 4.39 Å². The Morgan fingerprint density at radius 2 is 2.22 bits per heavy atom. The van der Waals surface area contributed by atoms with Gasteiger partial charge in [-0.25, -0.2) is 4.39 Å². The number of aryl methyl sites for hydroxylation is 1. The molecule has 2 aromatic rings. The zero-order valence-corrected chi connectivity index (χ0v) is 11.2. The summed E-state index contributed by atoms with van der Waals surface area (Å²) in [4.78, 5) is 0. The van der Waals surface area contributed by atoms with Crippen LogP contribution in [0, 0.1) is 18.2 Å². The van der Waals surface area contributed by atoms with Gasteiger partial charge in [0, 0.05) is 11.3 Å². The molecule has 0 fully saturated rings. The van der Waals surface area contributed by atoms with Gasteiger partial charge in [-0.1, -0.05) is 23.1 Å². The quantitative estimate of drug-likeness (QED) is 0.513. The molecule has 94 valence electrons. The van der Waals surface area contributed by atoms with Gasteiger partial charge in [0.1, 0.15) is 16.7 Å². The van der Waals surface area contributed by atoms with Crippen LogP contribution in [0.15, 0.2) is 22.5 Å². The van der Waals surface area contributed by atoms with E-state index in [1.54, 1.807) is 6.07 Å². The second-order valence-electron chi connectivity index (χ2n) is 3.64. The van der Waals surface area contributed by atoms with Crippen LogP contribution in [0.3, 0.4) is 0 Å². The number of nitrogens with one attached hydrogen (secondary N) is 1. The number of rotatable bonds is 4. The normalized spacial score (nSPS) is 10.6. The predicted molar refractivity (Wildman–Crippen MR) is 71.6 cm³/mol. The van der Waals surface area contributed by atoms with Crippen LogP contribution in [-0.4, -0.2) is 16.0 Å². The molecule has 4 nitrogen and oxygen atoms in total. The summed E-state index contributed by atoms with van der Waals surface area (Å²) in [6.07, 6.45) is 0. The fourth-order valence-corrected chi connectivity index (χ4v) is 3.12. The van der Waals surface area contributed by atoms with E-state index in [0.29, 0.717) is 11.3 Å². The lowest BCUT2D eigenvalue weighted by Crippen LogP contribution is -2.11. The summed E-state index contributed by atoms with van der Waals surface area (Å²) in [6.45, 7) is 1.89. The summed E-state index contributed by atoms with van der Waals surface area (Å²) >= 11 is 2.99. The molecule has 1 aromatic heterocycles. The standard InChI is InChI=1S/C11H11FN4S2/c1-6-15-16-11(18-6)17-5-7-2-8(10(13)14)4-9(12)3-7/h2-4H,5H2,1H3,(H3,13,14). The van der Waals surface area contributed by atoms with E-state index < -0.39 is 0 Å². The monoisotopic (exact) mass is 282 g/mol. The molecule has 0 saturated carbocycles. The molecule has 7 heteroatoms. The molecule has 3 N–H and O–H groups in total. The molecule has 0 unspecified atom stereocenters. The highest BCUT2D eigenvalue weighted by molar-refractivity contribution is 8.00. The number of nitrogens with two attached hydrogens (primary N) is 1. The van der Waals surface area contributed by atoms with Crippen molar-refractivity contribution >= 4 is 28.9 Å². The average molecular weight is 282 g/mol. The minimum Gasteiger partial charge on any atom is -0.384 e. The van der Waals surface area contributed by atoms with Crippen molar-refractivity contribution in [1.82, 2.24) is 10.2 Å². The Bertz CT molecular complexity index is 582. The van der Waals surface area contributed by atoms with Gasteiger partial charge < -0.3 is 5.73 Å². The molecular formula is C11H11FN4S2. The van der Waals surface area contributed by atoms with Gasteiger partial charge in [-0.3, -0.25) is 5.41 Å². The highest BCUT2D eigenvalue weighted by Crippen LogP contribution is 2.26. The second-order valence-corrected chi connectivity index (χ2v) is 6.04. The molecule has 0 spiro atoms. The molecule has 0 atom stereocenters. The van der Waals surface area contributed by atoms with E-state index in [4.69, 9.17) is 11.1 Å². The number of halogens is 1. The zero-order valence-electron chi connectivity index (χ0n) is 9.61. The highest BCUT2D eigenvalue weighted by atomic mass is 32.2. The Kier molecular flexibility index (Phi) is 3.93. The first-order valence-electron chi connectivity index (χ1n) is 5.11. The van der Waals surface area contributed by atoms with Crippen LogP contribution in [0.4, 0.5) is 4.39 Å². The van der Waals surface area contributed by atoms with E-state index >= 15 is 0 Å². The number of nitrogen functional groups attached to an aromatic ring is 1. The average Bonchev–Trinajstić information content (AvgIpc) is 2.72. The molecule has 1 aromatic carbocycles. The molecule has 18 heavy (non-hydrogen) atoms. The topological polar surface area (TPSA) is 75.7 Å². The molecule has 2 rings (SSSR count). The van der Waals surface area contributed by atoms with Gasteiger partial charge in [-0.15, -0.1) is 10.2 Å². The number of amidine groups is 1. The van der Waals surface area contributed by atoms with E-state index in [9.17, 15) is 4.39 Å². The van der Waals surface area contributed by atoms with Crippen LogP contribution in [-0.2, 0) is 5.75 Å². The van der Waals surface area contributed by atoms with Gasteiger partial charge in [0.25, 0.3) is 0 Å². The number of hydrogen-bond acceptors (Lipinski definition) is 5. The SMILES string of the molecule is Cc1nnc(SCc2cc(F)cc(C(=N)N)c2)s1. The van der Waals surface area contributed by atoms with Crippen LogP contribution in [0.5, 0.6) is 0 Å². The summed E-state index contributed by atoms with van der Waals surface area (Å²) in [5.74, 6) is 0.0615. The van der Waals surface area contributed by atoms with Crippen LogP contribution < -0.4 is 5.73 Å². The lowest BCUT2D eigenvalue weighted by Gasteiger charge is -2.03. The molecule has 0 amide bonds. The maximum Gasteiger partial charge on any atom is 0.174 e. The summed E-state index contributed by atoms with van der Waals surface area (Å²) < 4.78 is 14.2. The number of thioether (sulfide) groups is 1. The van der Waals surface area contributed by atoms with Gasteiger partial charge in [0.05, 0.1) is 0 Å². The van der Waals surface area contributed by atoms with Crippen molar-refractivity contribution in [2.24, 2.45) is 5.73 Å². The third kappa shape index (κ3) is 3.27. The summed E-state index contributed by atoms with van der Waals surface area (Å²) in [5, 5.41) is 16.1. The van der Waals surface area contributed by atoms with Crippen molar-refractivity contribution in [1.29, 1.82) is 5.41 Å². The molecule has 1 heterocycles. The van der Waals surface area contributed by atoms with Crippen LogP contribution in [0.25, 0.3) is 0 Å². The van der Waals surface area contributed by atoms with Crippen molar-refractivity contribution in [3.05, 3.63) is 40.2 Å². The molecule has 0 aliphatic heterocycles. The second kappa shape index (κ2) is 5.45. The predicted octanol–water partition coefficient (Wildman–Crippen LogP) is 2.56. The van der Waals surface area contributed by atoms with E-state index in [-0.39, 0.29) is 11.7 Å². The third-order valence-corrected chi connectivity index (χ3v) is 4.18. The maximum atomic E-state index is 13.3. The number of aromatic nitrogens is 2. The highest BCUT2D eigenvalue weighted by Gasteiger charge is 2.06. The van der Waals surface area contributed by atoms with Crippen molar-refractivity contribution in [2.75, 3.05) is 0 Å². The largest absolute Gasteiger partial charge is 0.384 e. The Labute approximate surface area is 112 Å². The smallest absolute Gasteiger partial charge is 0.174 e. The first-order chi connectivity index (χ1) is 8.54. The molecule has 0 radical (unpaired) electrons. The van der Waals surface area contributed by atoms with Gasteiger partial charge >= 0.3 is 0 Å². The zero-order chi connectivity index (χ0) is 13.1. The fourth-order valence-electron chi connectivity index (χ4n) is 1.37. The van der Waals surface area contributed by atoms with Crippen LogP contribution in [0.2, 0.25) is 0 Å². The first-order valence-corrected chi connectivity index (χ1v) is 6.91. The molecule has 0 aliphatic carbocycles. The van der Waals surface area contributed by atoms with Crippen LogP contribution in [0.1, 0.15) is 16.1 Å². The Balaban J connectivity index is 2.11. The number of hydrogen-bond donors (Lipinski definition) is 2. The van der Waals surface area contributed by atoms with E-state index in [0.717, 1.165) is 14.9 Å². The summed E-state index contributed by atoms with van der Waals surface area (Å²) in [5.41, 5.74) is 6.53. The van der Waals surface area contributed by atoms with E-state index in [2.05, 4.69) is 10.2 Å². The van der Waals surface area contributed by atoms with Gasteiger partial charge in [-0.2, -0.15) is 0 Å². The molecule has 0 aliphatic rings. The lowest BCUT2D eigenvalue weighted by atomic mass is 10.1. The summed E-state index contributed by atoms with van der Waals surface area (Å²) in [7, 11) is 0. The minimum atomic E-state index is -0.383. The Morgan fingerprint density at radius 3 is 2.83 bits per heavy atom. The van der Waals surface area contributed by atoms with Gasteiger partial charge in [0.15, 0.2) is 4.34 Å². The molecular weight excluding hydrogens is 271 g/mol. The first kappa shape index (κ1) is 13.0. The van der Waals surface area contributed by atoms with Crippen LogP contribution >= 0.6 is 23.1 Å². The van der Waals surface area contributed by atoms with Gasteiger partial charge in [-0.05, 0) is 30.7 Å². The van der Waals surface area contributed by atoms with Crippen molar-refractivity contribution in [2.45, 2.75) is 17.0 Å².